The van der Waals surface area contributed by atoms with Crippen molar-refractivity contribution < 1.29 is 13.7 Å². The molecule has 2 heterocycles. The van der Waals surface area contributed by atoms with Gasteiger partial charge in [-0.1, -0.05) is 24.2 Å². The molecule has 0 saturated carbocycles. The molecule has 3 aromatic rings. The van der Waals surface area contributed by atoms with E-state index in [9.17, 15) is 4.79 Å². The Morgan fingerprint density at radius 2 is 2.16 bits per heavy atom. The van der Waals surface area contributed by atoms with Crippen molar-refractivity contribution in [2.24, 2.45) is 0 Å². The van der Waals surface area contributed by atoms with Crippen molar-refractivity contribution in [3.63, 3.8) is 0 Å². The third-order valence-corrected chi connectivity index (χ3v) is 3.29. The smallest absolute Gasteiger partial charge is 0.319 e. The van der Waals surface area contributed by atoms with Crippen molar-refractivity contribution in [3.05, 3.63) is 54.3 Å². The number of nitrogens with zero attached hydrogens (tertiary/aromatic N) is 2. The normalized spacial score (nSPS) is 10.9. The second kappa shape index (κ2) is 7.96. The van der Waals surface area contributed by atoms with Crippen LogP contribution in [0.4, 0.5) is 10.5 Å². The van der Waals surface area contributed by atoms with E-state index in [-0.39, 0.29) is 6.03 Å². The van der Waals surface area contributed by atoms with Crippen LogP contribution in [0.15, 0.2) is 51.6 Å². The highest BCUT2D eigenvalue weighted by molar-refractivity contribution is 5.89. The molecule has 3 rings (SSSR count). The van der Waals surface area contributed by atoms with Crippen LogP contribution in [0.25, 0.3) is 23.5 Å². The van der Waals surface area contributed by atoms with Crippen molar-refractivity contribution in [1.82, 2.24) is 15.5 Å². The van der Waals surface area contributed by atoms with Gasteiger partial charge in [0.25, 0.3) is 5.89 Å². The molecule has 0 aliphatic carbocycles. The molecule has 7 nitrogen and oxygen atoms in total. The number of hydrogen-bond acceptors (Lipinski definition) is 5. The number of furan rings is 1. The van der Waals surface area contributed by atoms with Gasteiger partial charge in [-0.2, -0.15) is 4.98 Å². The van der Waals surface area contributed by atoms with Crippen molar-refractivity contribution in [1.29, 1.82) is 0 Å². The summed E-state index contributed by atoms with van der Waals surface area (Å²) < 4.78 is 10.4. The Hall–Kier alpha value is -3.35. The molecule has 0 unspecified atom stereocenters. The SMILES string of the molecule is CCCNC(=O)Nc1cccc(-c2noc(C=Cc3ccco3)n2)c1. The molecular weight excluding hydrogens is 320 g/mol. The van der Waals surface area contributed by atoms with Gasteiger partial charge in [0.05, 0.1) is 6.26 Å². The highest BCUT2D eigenvalue weighted by atomic mass is 16.5. The second-order valence-corrected chi connectivity index (χ2v) is 5.27. The van der Waals surface area contributed by atoms with Crippen LogP contribution >= 0.6 is 0 Å². The van der Waals surface area contributed by atoms with E-state index < -0.39 is 0 Å². The number of benzene rings is 1. The predicted octanol–water partition coefficient (Wildman–Crippen LogP) is 4.03. The fourth-order valence-electron chi connectivity index (χ4n) is 2.11. The number of aromatic nitrogens is 2. The van der Waals surface area contributed by atoms with E-state index in [0.29, 0.717) is 29.7 Å². The largest absolute Gasteiger partial charge is 0.465 e. The first-order chi connectivity index (χ1) is 12.2. The number of hydrogen-bond donors (Lipinski definition) is 2. The molecule has 25 heavy (non-hydrogen) atoms. The summed E-state index contributed by atoms with van der Waals surface area (Å²) in [5.74, 6) is 1.51. The second-order valence-electron chi connectivity index (χ2n) is 5.27. The van der Waals surface area contributed by atoms with Crippen molar-refractivity contribution >= 4 is 23.9 Å². The number of urea groups is 1. The molecule has 0 bridgehead atoms. The number of anilines is 1. The lowest BCUT2D eigenvalue weighted by Gasteiger charge is -2.07. The van der Waals surface area contributed by atoms with Crippen LogP contribution in [-0.2, 0) is 0 Å². The summed E-state index contributed by atoms with van der Waals surface area (Å²) in [6.07, 6.45) is 5.89. The van der Waals surface area contributed by atoms with E-state index in [2.05, 4.69) is 20.8 Å². The minimum Gasteiger partial charge on any atom is -0.465 e. The van der Waals surface area contributed by atoms with Gasteiger partial charge in [-0.3, -0.25) is 0 Å². The van der Waals surface area contributed by atoms with Crippen molar-refractivity contribution in [2.45, 2.75) is 13.3 Å². The third kappa shape index (κ3) is 4.57. The molecule has 1 aromatic carbocycles. The van der Waals surface area contributed by atoms with Gasteiger partial charge in [-0.05, 0) is 36.8 Å². The third-order valence-electron chi connectivity index (χ3n) is 3.29. The van der Waals surface area contributed by atoms with Gasteiger partial charge in [-0.25, -0.2) is 4.79 Å². The van der Waals surface area contributed by atoms with E-state index >= 15 is 0 Å². The number of carbonyl (C=O) groups excluding carboxylic acids is 1. The molecule has 0 saturated heterocycles. The topological polar surface area (TPSA) is 93.2 Å². The summed E-state index contributed by atoms with van der Waals surface area (Å²) >= 11 is 0. The molecule has 128 valence electrons. The summed E-state index contributed by atoms with van der Waals surface area (Å²) in [6, 6.07) is 10.6. The number of amides is 2. The minimum atomic E-state index is -0.241. The molecule has 0 spiro atoms. The van der Waals surface area contributed by atoms with Crippen LogP contribution in [0.5, 0.6) is 0 Å². The highest BCUT2D eigenvalue weighted by Gasteiger charge is 2.08. The maximum atomic E-state index is 11.7. The number of nitrogens with one attached hydrogen (secondary N) is 2. The maximum Gasteiger partial charge on any atom is 0.319 e. The van der Waals surface area contributed by atoms with Crippen LogP contribution in [0, 0.1) is 0 Å². The highest BCUT2D eigenvalue weighted by Crippen LogP contribution is 2.20. The van der Waals surface area contributed by atoms with E-state index in [1.807, 2.05) is 25.1 Å². The van der Waals surface area contributed by atoms with Crippen LogP contribution in [0.2, 0.25) is 0 Å². The minimum absolute atomic E-state index is 0.241. The summed E-state index contributed by atoms with van der Waals surface area (Å²) in [4.78, 5) is 16.0. The van der Waals surface area contributed by atoms with Gasteiger partial charge in [0, 0.05) is 23.9 Å². The monoisotopic (exact) mass is 338 g/mol. The molecule has 0 aliphatic rings. The van der Waals surface area contributed by atoms with Gasteiger partial charge in [0.15, 0.2) is 0 Å². The van der Waals surface area contributed by atoms with E-state index in [4.69, 9.17) is 8.94 Å². The lowest BCUT2D eigenvalue weighted by atomic mass is 10.2. The Balaban J connectivity index is 1.70. The Bertz CT molecular complexity index is 853. The van der Waals surface area contributed by atoms with Crippen molar-refractivity contribution in [2.75, 3.05) is 11.9 Å². The fraction of sp³-hybridized carbons (Fsp3) is 0.167. The fourth-order valence-corrected chi connectivity index (χ4v) is 2.11. The quantitative estimate of drug-likeness (QED) is 0.708. The van der Waals surface area contributed by atoms with Crippen LogP contribution in [-0.4, -0.2) is 22.7 Å². The summed E-state index contributed by atoms with van der Waals surface area (Å²) in [7, 11) is 0. The van der Waals surface area contributed by atoms with Gasteiger partial charge in [-0.15, -0.1) is 0 Å². The zero-order chi connectivity index (χ0) is 17.5. The molecule has 0 atom stereocenters. The molecule has 2 aromatic heterocycles. The van der Waals surface area contributed by atoms with E-state index in [0.717, 1.165) is 12.0 Å². The summed E-state index contributed by atoms with van der Waals surface area (Å²) in [5, 5.41) is 9.49. The van der Waals surface area contributed by atoms with E-state index in [1.165, 1.54) is 0 Å². The average Bonchev–Trinajstić information content (AvgIpc) is 3.30. The maximum absolute atomic E-state index is 11.7. The molecule has 0 aliphatic heterocycles. The average molecular weight is 338 g/mol. The first-order valence-corrected chi connectivity index (χ1v) is 7.95. The number of carbonyl (C=O) groups is 1. The Kier molecular flexibility index (Phi) is 5.26. The zero-order valence-electron chi connectivity index (χ0n) is 13.7. The molecule has 7 heteroatoms. The lowest BCUT2D eigenvalue weighted by Crippen LogP contribution is -2.29. The molecular formula is C18H18N4O3. The van der Waals surface area contributed by atoms with Crippen LogP contribution in [0.3, 0.4) is 0 Å². The standard InChI is InChI=1S/C18H18N4O3/c1-2-10-19-18(23)20-14-6-3-5-13(12-14)17-21-16(25-22-17)9-8-15-7-4-11-24-15/h3-9,11-12H,2,10H2,1H3,(H2,19,20,23). The van der Waals surface area contributed by atoms with Gasteiger partial charge in [0.2, 0.25) is 5.82 Å². The molecule has 2 amide bonds. The van der Waals surface area contributed by atoms with Gasteiger partial charge in [0.1, 0.15) is 5.76 Å². The molecule has 2 N–H and O–H groups in total. The summed E-state index contributed by atoms with van der Waals surface area (Å²) in [6.45, 7) is 2.62. The summed E-state index contributed by atoms with van der Waals surface area (Å²) in [5.41, 5.74) is 1.40. The van der Waals surface area contributed by atoms with Crippen molar-refractivity contribution in [3.8, 4) is 11.4 Å². The lowest BCUT2D eigenvalue weighted by molar-refractivity contribution is 0.252. The number of rotatable bonds is 6. The molecule has 0 fully saturated rings. The van der Waals surface area contributed by atoms with Crippen LogP contribution in [0.1, 0.15) is 25.0 Å². The van der Waals surface area contributed by atoms with Gasteiger partial charge >= 0.3 is 6.03 Å². The Labute approximate surface area is 144 Å². The van der Waals surface area contributed by atoms with Crippen LogP contribution < -0.4 is 10.6 Å². The first kappa shape index (κ1) is 16.5. The Morgan fingerprint density at radius 3 is 2.96 bits per heavy atom. The van der Waals surface area contributed by atoms with Gasteiger partial charge < -0.3 is 19.6 Å². The van der Waals surface area contributed by atoms with E-state index in [1.54, 1.807) is 36.6 Å². The Morgan fingerprint density at radius 1 is 1.24 bits per heavy atom. The first-order valence-electron chi connectivity index (χ1n) is 7.95. The predicted molar refractivity (Wildman–Crippen MR) is 94.7 cm³/mol. The molecule has 0 radical (unpaired) electrons. The zero-order valence-corrected chi connectivity index (χ0v) is 13.7.